The normalized spacial score (nSPS) is 9.96. The van der Waals surface area contributed by atoms with Crippen LogP contribution in [0, 0.1) is 11.3 Å². The van der Waals surface area contributed by atoms with Gasteiger partial charge >= 0.3 is 0 Å². The minimum absolute atomic E-state index is 0.111. The Morgan fingerprint density at radius 3 is 2.72 bits per heavy atom. The van der Waals surface area contributed by atoms with Crippen molar-refractivity contribution in [3.63, 3.8) is 0 Å². The van der Waals surface area contributed by atoms with Crippen LogP contribution in [0.2, 0.25) is 0 Å². The summed E-state index contributed by atoms with van der Waals surface area (Å²) in [4.78, 5) is 30.8. The zero-order valence-corrected chi connectivity index (χ0v) is 14.3. The van der Waals surface area contributed by atoms with Crippen molar-refractivity contribution in [1.29, 1.82) is 5.26 Å². The van der Waals surface area contributed by atoms with Crippen molar-refractivity contribution in [3.05, 3.63) is 34.1 Å². The summed E-state index contributed by atoms with van der Waals surface area (Å²) in [7, 11) is 2.93. The van der Waals surface area contributed by atoms with Gasteiger partial charge in [-0.15, -0.1) is 0 Å². The number of carbonyl (C=O) groups excluding carboxylic acids is 1. The molecule has 1 heterocycles. The van der Waals surface area contributed by atoms with E-state index in [-0.39, 0.29) is 28.0 Å². The summed E-state index contributed by atoms with van der Waals surface area (Å²) in [5.41, 5.74) is 5.21. The van der Waals surface area contributed by atoms with E-state index in [0.717, 1.165) is 11.8 Å². The van der Waals surface area contributed by atoms with Gasteiger partial charge in [-0.1, -0.05) is 11.8 Å². The zero-order chi connectivity index (χ0) is 18.4. The van der Waals surface area contributed by atoms with Crippen LogP contribution >= 0.6 is 11.8 Å². The van der Waals surface area contributed by atoms with Crippen LogP contribution in [-0.2, 0) is 0 Å². The standard InChI is InChI=1S/C15H15N5O4S/c1-23-9-4-3-8(7-10(9)24-2)13(21)18-11-12(17)19-15(20-14(11)22)25-6-5-16/h3-4,7H,6H2,1-2H3,(H,18,21)(H3,17,19,20,22). The lowest BCUT2D eigenvalue weighted by atomic mass is 10.2. The molecule has 1 amide bonds. The Bertz CT molecular complexity index is 890. The van der Waals surface area contributed by atoms with E-state index in [9.17, 15) is 9.59 Å². The number of ether oxygens (including phenoxy) is 2. The second kappa shape index (κ2) is 8.07. The summed E-state index contributed by atoms with van der Waals surface area (Å²) in [6, 6.07) is 6.48. The SMILES string of the molecule is COc1ccc(C(=O)Nc2c(N)nc(SCC#N)[nH]c2=O)cc1OC. The highest BCUT2D eigenvalue weighted by molar-refractivity contribution is 7.99. The number of benzene rings is 1. The molecule has 0 aliphatic rings. The third kappa shape index (κ3) is 4.21. The third-order valence-corrected chi connectivity index (χ3v) is 3.82. The number of amides is 1. The maximum absolute atomic E-state index is 12.4. The molecule has 1 aromatic carbocycles. The van der Waals surface area contributed by atoms with Crippen LogP contribution in [0.1, 0.15) is 10.4 Å². The number of nitriles is 1. The number of rotatable bonds is 6. The Morgan fingerprint density at radius 1 is 1.40 bits per heavy atom. The van der Waals surface area contributed by atoms with Gasteiger partial charge in [-0.3, -0.25) is 14.6 Å². The molecule has 0 unspecified atom stereocenters. The molecule has 2 aromatic rings. The van der Waals surface area contributed by atoms with Gasteiger partial charge in [0.05, 0.1) is 26.0 Å². The number of thioether (sulfide) groups is 1. The van der Waals surface area contributed by atoms with E-state index in [1.165, 1.54) is 26.4 Å². The van der Waals surface area contributed by atoms with Crippen LogP contribution in [-0.4, -0.2) is 35.8 Å². The molecule has 0 bridgehead atoms. The minimum atomic E-state index is -0.609. The van der Waals surface area contributed by atoms with Crippen molar-refractivity contribution in [2.75, 3.05) is 31.0 Å². The van der Waals surface area contributed by atoms with Crippen LogP contribution in [0.25, 0.3) is 0 Å². The third-order valence-electron chi connectivity index (χ3n) is 3.08. The summed E-state index contributed by atoms with van der Waals surface area (Å²) < 4.78 is 10.2. The molecule has 0 aliphatic carbocycles. The number of hydrogen-bond acceptors (Lipinski definition) is 8. The number of nitrogens with two attached hydrogens (primary N) is 1. The van der Waals surface area contributed by atoms with Crippen LogP contribution in [0.3, 0.4) is 0 Å². The molecule has 9 nitrogen and oxygen atoms in total. The zero-order valence-electron chi connectivity index (χ0n) is 13.5. The molecule has 10 heteroatoms. The fraction of sp³-hybridized carbons (Fsp3) is 0.200. The average molecular weight is 361 g/mol. The predicted molar refractivity (Wildman–Crippen MR) is 93.1 cm³/mol. The largest absolute Gasteiger partial charge is 0.493 e. The predicted octanol–water partition coefficient (Wildman–Crippen LogP) is 1.24. The van der Waals surface area contributed by atoms with E-state index in [1.54, 1.807) is 6.07 Å². The first kappa shape index (κ1) is 18.2. The van der Waals surface area contributed by atoms with Crippen LogP contribution < -0.4 is 26.1 Å². The number of methoxy groups -OCH3 is 2. The van der Waals surface area contributed by atoms with Gasteiger partial charge in [-0.25, -0.2) is 4.98 Å². The first-order valence-electron chi connectivity index (χ1n) is 6.93. The Kier molecular flexibility index (Phi) is 5.86. The molecule has 1 aromatic heterocycles. The van der Waals surface area contributed by atoms with Crippen LogP contribution in [0.5, 0.6) is 11.5 Å². The second-order valence-electron chi connectivity index (χ2n) is 4.60. The molecule has 0 radical (unpaired) electrons. The fourth-order valence-corrected chi connectivity index (χ4v) is 2.45. The van der Waals surface area contributed by atoms with E-state index in [4.69, 9.17) is 20.5 Å². The van der Waals surface area contributed by atoms with Gasteiger partial charge in [0.15, 0.2) is 22.5 Å². The Morgan fingerprint density at radius 2 is 2.12 bits per heavy atom. The maximum atomic E-state index is 12.4. The van der Waals surface area contributed by atoms with Crippen molar-refractivity contribution in [2.24, 2.45) is 0 Å². The lowest BCUT2D eigenvalue weighted by Crippen LogP contribution is -2.23. The number of aromatic amines is 1. The molecular formula is C15H15N5O4S. The quantitative estimate of drug-likeness (QED) is 0.515. The number of hydrogen-bond donors (Lipinski definition) is 3. The summed E-state index contributed by atoms with van der Waals surface area (Å²) in [5, 5.41) is 11.2. The summed E-state index contributed by atoms with van der Waals surface area (Å²) in [6.07, 6.45) is 0. The van der Waals surface area contributed by atoms with Crippen LogP contribution in [0.15, 0.2) is 28.2 Å². The van der Waals surface area contributed by atoms with Crippen molar-refractivity contribution in [1.82, 2.24) is 9.97 Å². The monoisotopic (exact) mass is 361 g/mol. The van der Waals surface area contributed by atoms with E-state index in [1.807, 2.05) is 6.07 Å². The molecule has 0 spiro atoms. The fourth-order valence-electron chi connectivity index (χ4n) is 1.92. The molecule has 4 N–H and O–H groups in total. The Balaban J connectivity index is 2.26. The minimum Gasteiger partial charge on any atom is -0.493 e. The van der Waals surface area contributed by atoms with Gasteiger partial charge in [0, 0.05) is 5.56 Å². The summed E-state index contributed by atoms with van der Waals surface area (Å²) in [6.45, 7) is 0. The summed E-state index contributed by atoms with van der Waals surface area (Å²) in [5.74, 6) is 0.255. The van der Waals surface area contributed by atoms with Crippen molar-refractivity contribution < 1.29 is 14.3 Å². The van der Waals surface area contributed by atoms with Crippen molar-refractivity contribution in [2.45, 2.75) is 5.16 Å². The van der Waals surface area contributed by atoms with Gasteiger partial charge in [0.1, 0.15) is 5.69 Å². The van der Waals surface area contributed by atoms with Gasteiger partial charge in [-0.05, 0) is 18.2 Å². The number of carbonyl (C=O) groups is 1. The molecule has 0 atom stereocenters. The molecule has 25 heavy (non-hydrogen) atoms. The van der Waals surface area contributed by atoms with E-state index < -0.39 is 11.5 Å². The van der Waals surface area contributed by atoms with Crippen LogP contribution in [0.4, 0.5) is 11.5 Å². The number of nitrogens with zero attached hydrogens (tertiary/aromatic N) is 2. The average Bonchev–Trinajstić information content (AvgIpc) is 2.62. The highest BCUT2D eigenvalue weighted by atomic mass is 32.2. The summed E-state index contributed by atoms with van der Waals surface area (Å²) >= 11 is 1.03. The first-order chi connectivity index (χ1) is 12.0. The highest BCUT2D eigenvalue weighted by Gasteiger charge is 2.16. The molecule has 0 fully saturated rings. The molecule has 0 saturated heterocycles. The number of anilines is 2. The lowest BCUT2D eigenvalue weighted by Gasteiger charge is -2.10. The molecule has 0 saturated carbocycles. The maximum Gasteiger partial charge on any atom is 0.277 e. The number of H-pyrrole nitrogens is 1. The number of aromatic nitrogens is 2. The van der Waals surface area contributed by atoms with E-state index >= 15 is 0 Å². The van der Waals surface area contributed by atoms with Gasteiger partial charge in [-0.2, -0.15) is 5.26 Å². The van der Waals surface area contributed by atoms with Crippen molar-refractivity contribution in [3.8, 4) is 17.6 Å². The van der Waals surface area contributed by atoms with Crippen molar-refractivity contribution >= 4 is 29.2 Å². The molecule has 130 valence electrons. The first-order valence-corrected chi connectivity index (χ1v) is 7.91. The second-order valence-corrected chi connectivity index (χ2v) is 5.57. The Hall–Kier alpha value is -3.19. The van der Waals surface area contributed by atoms with Gasteiger partial charge in [0.2, 0.25) is 0 Å². The smallest absolute Gasteiger partial charge is 0.277 e. The highest BCUT2D eigenvalue weighted by Crippen LogP contribution is 2.28. The number of nitrogens with one attached hydrogen (secondary N) is 2. The van der Waals surface area contributed by atoms with E-state index in [0.29, 0.717) is 11.5 Å². The van der Waals surface area contributed by atoms with Gasteiger partial charge < -0.3 is 20.5 Å². The molecule has 2 rings (SSSR count). The Labute approximate surface area is 147 Å². The topological polar surface area (TPSA) is 143 Å². The lowest BCUT2D eigenvalue weighted by molar-refractivity contribution is 0.102. The van der Waals surface area contributed by atoms with E-state index in [2.05, 4.69) is 15.3 Å². The number of nitrogen functional groups attached to an aromatic ring is 1. The van der Waals surface area contributed by atoms with Gasteiger partial charge in [0.25, 0.3) is 11.5 Å². The molecular weight excluding hydrogens is 346 g/mol. The molecule has 0 aliphatic heterocycles.